The van der Waals surface area contributed by atoms with Crippen molar-refractivity contribution < 1.29 is 9.90 Å². The average Bonchev–Trinajstić information content (AvgIpc) is 2.94. The summed E-state index contributed by atoms with van der Waals surface area (Å²) in [5.41, 5.74) is 0. The zero-order valence-corrected chi connectivity index (χ0v) is 18.0. The SMILES string of the molecule is CCNC(=NCC(O)c1ccc(Cl)s1)NCCNC(=O)C(C)C.I. The molecule has 0 bridgehead atoms. The Bertz CT molecular complexity index is 525. The van der Waals surface area contributed by atoms with Crippen LogP contribution < -0.4 is 16.0 Å². The highest BCUT2D eigenvalue weighted by atomic mass is 127. The highest BCUT2D eigenvalue weighted by molar-refractivity contribution is 14.0. The molecule has 0 saturated carbocycles. The van der Waals surface area contributed by atoms with Crippen molar-refractivity contribution in [3.05, 3.63) is 21.3 Å². The molecular formula is C15H26ClIN4O2S. The molecule has 0 saturated heterocycles. The van der Waals surface area contributed by atoms with Crippen molar-refractivity contribution in [3.63, 3.8) is 0 Å². The maximum Gasteiger partial charge on any atom is 0.222 e. The predicted molar refractivity (Wildman–Crippen MR) is 112 cm³/mol. The number of amides is 1. The van der Waals surface area contributed by atoms with Gasteiger partial charge in [-0.3, -0.25) is 9.79 Å². The lowest BCUT2D eigenvalue weighted by atomic mass is 10.2. The number of rotatable bonds is 8. The van der Waals surface area contributed by atoms with E-state index in [9.17, 15) is 9.90 Å². The van der Waals surface area contributed by atoms with Crippen molar-refractivity contribution in [3.8, 4) is 0 Å². The summed E-state index contributed by atoms with van der Waals surface area (Å²) in [4.78, 5) is 16.6. The topological polar surface area (TPSA) is 85.8 Å². The Morgan fingerprint density at radius 1 is 1.29 bits per heavy atom. The van der Waals surface area contributed by atoms with E-state index in [1.807, 2.05) is 20.8 Å². The molecule has 0 spiro atoms. The maximum atomic E-state index is 11.5. The van der Waals surface area contributed by atoms with Gasteiger partial charge in [0.2, 0.25) is 5.91 Å². The molecule has 6 nitrogen and oxygen atoms in total. The number of halogens is 2. The Labute approximate surface area is 169 Å². The van der Waals surface area contributed by atoms with Crippen LogP contribution in [0.4, 0.5) is 0 Å². The molecule has 9 heteroatoms. The maximum absolute atomic E-state index is 11.5. The Morgan fingerprint density at radius 3 is 2.50 bits per heavy atom. The molecule has 0 fully saturated rings. The third-order valence-corrected chi connectivity index (χ3v) is 4.26. The predicted octanol–water partition coefficient (Wildman–Crippen LogP) is 2.38. The van der Waals surface area contributed by atoms with E-state index in [-0.39, 0.29) is 42.3 Å². The molecular weight excluding hydrogens is 463 g/mol. The van der Waals surface area contributed by atoms with E-state index in [0.29, 0.717) is 29.9 Å². The first-order chi connectivity index (χ1) is 10.9. The molecule has 0 aliphatic heterocycles. The second-order valence-corrected chi connectivity index (χ2v) is 7.00. The number of nitrogens with one attached hydrogen (secondary N) is 3. The van der Waals surface area contributed by atoms with E-state index in [4.69, 9.17) is 11.6 Å². The van der Waals surface area contributed by atoms with Crippen LogP contribution in [0.25, 0.3) is 0 Å². The highest BCUT2D eigenvalue weighted by Gasteiger charge is 2.10. The zero-order valence-electron chi connectivity index (χ0n) is 14.1. The molecule has 1 amide bonds. The number of carbonyl (C=O) groups is 1. The van der Waals surface area contributed by atoms with Crippen molar-refractivity contribution in [2.24, 2.45) is 10.9 Å². The van der Waals surface area contributed by atoms with Gasteiger partial charge >= 0.3 is 0 Å². The number of thiophene rings is 1. The van der Waals surface area contributed by atoms with E-state index in [1.165, 1.54) is 11.3 Å². The van der Waals surface area contributed by atoms with Crippen LogP contribution in [0.1, 0.15) is 31.8 Å². The van der Waals surface area contributed by atoms with Crippen molar-refractivity contribution in [1.82, 2.24) is 16.0 Å². The minimum absolute atomic E-state index is 0. The Hall–Kier alpha value is -0.580. The van der Waals surface area contributed by atoms with E-state index >= 15 is 0 Å². The summed E-state index contributed by atoms with van der Waals surface area (Å²) in [6.45, 7) is 7.71. The molecule has 1 heterocycles. The van der Waals surface area contributed by atoms with E-state index in [1.54, 1.807) is 12.1 Å². The van der Waals surface area contributed by atoms with E-state index in [2.05, 4.69) is 20.9 Å². The minimum Gasteiger partial charge on any atom is -0.386 e. The first-order valence-corrected chi connectivity index (χ1v) is 8.86. The number of hydrogen-bond acceptors (Lipinski definition) is 4. The molecule has 1 aromatic rings. The Kier molecular flexibility index (Phi) is 12.4. The van der Waals surface area contributed by atoms with Crippen LogP contribution >= 0.6 is 46.9 Å². The largest absolute Gasteiger partial charge is 0.386 e. The van der Waals surface area contributed by atoms with Gasteiger partial charge in [0.05, 0.1) is 10.9 Å². The Morgan fingerprint density at radius 2 is 1.96 bits per heavy atom. The summed E-state index contributed by atoms with van der Waals surface area (Å²) >= 11 is 7.21. The molecule has 1 aromatic heterocycles. The number of aliphatic imine (C=N–C) groups is 1. The fraction of sp³-hybridized carbons (Fsp3) is 0.600. The lowest BCUT2D eigenvalue weighted by Gasteiger charge is -2.13. The van der Waals surface area contributed by atoms with Gasteiger partial charge in [0.25, 0.3) is 0 Å². The molecule has 24 heavy (non-hydrogen) atoms. The second-order valence-electron chi connectivity index (χ2n) is 5.25. The summed E-state index contributed by atoms with van der Waals surface area (Å²) in [5, 5.41) is 19.1. The number of guanidine groups is 1. The molecule has 4 N–H and O–H groups in total. The van der Waals surface area contributed by atoms with Crippen LogP contribution in [0.15, 0.2) is 17.1 Å². The average molecular weight is 489 g/mol. The summed E-state index contributed by atoms with van der Waals surface area (Å²) in [5.74, 6) is 0.608. The lowest BCUT2D eigenvalue weighted by molar-refractivity contribution is -0.123. The van der Waals surface area contributed by atoms with Crippen molar-refractivity contribution >= 4 is 58.8 Å². The normalized spacial score (nSPS) is 12.5. The summed E-state index contributed by atoms with van der Waals surface area (Å²) < 4.78 is 0.647. The first kappa shape index (κ1) is 23.4. The van der Waals surface area contributed by atoms with Crippen LogP contribution in [-0.4, -0.2) is 43.2 Å². The van der Waals surface area contributed by atoms with Gasteiger partial charge in [-0.15, -0.1) is 35.3 Å². The van der Waals surface area contributed by atoms with Crippen molar-refractivity contribution in [2.45, 2.75) is 26.9 Å². The standard InChI is InChI=1S/C15H25ClN4O2S.HI/c1-4-17-15(19-8-7-18-14(22)10(2)3)20-9-11(21)12-5-6-13(16)23-12;/h5-6,10-11,21H,4,7-9H2,1-3H3,(H,18,22)(H2,17,19,20);1H. The molecule has 1 rings (SSSR count). The number of carbonyl (C=O) groups excluding carboxylic acids is 1. The van der Waals surface area contributed by atoms with Crippen LogP contribution in [-0.2, 0) is 4.79 Å². The number of aliphatic hydroxyl groups excluding tert-OH is 1. The fourth-order valence-corrected chi connectivity index (χ4v) is 2.73. The lowest BCUT2D eigenvalue weighted by Crippen LogP contribution is -2.42. The van der Waals surface area contributed by atoms with Crippen LogP contribution in [0.5, 0.6) is 0 Å². The van der Waals surface area contributed by atoms with Crippen molar-refractivity contribution in [1.29, 1.82) is 0 Å². The second kappa shape index (κ2) is 12.7. The van der Waals surface area contributed by atoms with Gasteiger partial charge in [0.15, 0.2) is 5.96 Å². The monoisotopic (exact) mass is 488 g/mol. The number of hydrogen-bond donors (Lipinski definition) is 4. The summed E-state index contributed by atoms with van der Waals surface area (Å²) in [6.07, 6.45) is -0.677. The van der Waals surface area contributed by atoms with Gasteiger partial charge in [0, 0.05) is 30.4 Å². The zero-order chi connectivity index (χ0) is 17.2. The number of nitrogens with zero attached hydrogens (tertiary/aromatic N) is 1. The van der Waals surface area contributed by atoms with Crippen LogP contribution in [0.3, 0.4) is 0 Å². The van der Waals surface area contributed by atoms with Gasteiger partial charge in [-0.2, -0.15) is 0 Å². The molecule has 138 valence electrons. The molecule has 0 radical (unpaired) electrons. The van der Waals surface area contributed by atoms with E-state index in [0.717, 1.165) is 4.88 Å². The third-order valence-electron chi connectivity index (χ3n) is 2.93. The molecule has 0 aromatic carbocycles. The smallest absolute Gasteiger partial charge is 0.222 e. The van der Waals surface area contributed by atoms with Gasteiger partial charge < -0.3 is 21.1 Å². The van der Waals surface area contributed by atoms with Gasteiger partial charge in [-0.25, -0.2) is 0 Å². The highest BCUT2D eigenvalue weighted by Crippen LogP contribution is 2.26. The molecule has 0 aliphatic rings. The van der Waals surface area contributed by atoms with Crippen LogP contribution in [0, 0.1) is 5.92 Å². The molecule has 1 unspecified atom stereocenters. The van der Waals surface area contributed by atoms with E-state index < -0.39 is 6.10 Å². The summed E-state index contributed by atoms with van der Waals surface area (Å²) in [7, 11) is 0. The van der Waals surface area contributed by atoms with Gasteiger partial charge in [-0.05, 0) is 19.1 Å². The summed E-state index contributed by atoms with van der Waals surface area (Å²) in [6, 6.07) is 3.56. The number of aliphatic hydroxyl groups is 1. The molecule has 1 atom stereocenters. The van der Waals surface area contributed by atoms with Crippen molar-refractivity contribution in [2.75, 3.05) is 26.2 Å². The minimum atomic E-state index is -0.677. The molecule has 0 aliphatic carbocycles. The van der Waals surface area contributed by atoms with Crippen LogP contribution in [0.2, 0.25) is 4.34 Å². The van der Waals surface area contributed by atoms with Gasteiger partial charge in [0.1, 0.15) is 6.10 Å². The fourth-order valence-electron chi connectivity index (χ4n) is 1.69. The Balaban J connectivity index is 0.00000529. The third kappa shape index (κ3) is 9.05. The first-order valence-electron chi connectivity index (χ1n) is 7.67. The van der Waals surface area contributed by atoms with Gasteiger partial charge in [-0.1, -0.05) is 25.4 Å². The quantitative estimate of drug-likeness (QED) is 0.196.